The van der Waals surface area contributed by atoms with Crippen LogP contribution in [-0.4, -0.2) is 26.7 Å². The van der Waals surface area contributed by atoms with E-state index in [2.05, 4.69) is 19.2 Å². The summed E-state index contributed by atoms with van der Waals surface area (Å²) < 4.78 is 16.3. The molecule has 0 bridgehead atoms. The molecule has 1 N–H and O–H groups in total. The molecule has 0 unspecified atom stereocenters. The number of nitrogens with one attached hydrogen (secondary N) is 1. The first-order valence-electron chi connectivity index (χ1n) is 8.34. The smallest absolute Gasteiger partial charge is 0.255 e. The summed E-state index contributed by atoms with van der Waals surface area (Å²) in [4.78, 5) is 12.6. The third-order valence-electron chi connectivity index (χ3n) is 3.66. The molecule has 5 nitrogen and oxygen atoms in total. The van der Waals surface area contributed by atoms with Crippen LogP contribution < -0.4 is 14.8 Å². The number of carbonyl (C=O) groups excluding carboxylic acids is 1. The van der Waals surface area contributed by atoms with Gasteiger partial charge in [-0.1, -0.05) is 25.4 Å². The van der Waals surface area contributed by atoms with Crippen molar-refractivity contribution < 1.29 is 19.0 Å². The number of benzene rings is 2. The van der Waals surface area contributed by atoms with E-state index in [1.807, 2.05) is 0 Å². The highest BCUT2D eigenvalue weighted by Crippen LogP contribution is 2.28. The minimum Gasteiger partial charge on any atom is -0.496 e. The first-order chi connectivity index (χ1) is 12.4. The number of hydrogen-bond acceptors (Lipinski definition) is 4. The van der Waals surface area contributed by atoms with Gasteiger partial charge in [0.15, 0.2) is 0 Å². The highest BCUT2D eigenvalue weighted by molar-refractivity contribution is 6.31. The van der Waals surface area contributed by atoms with Gasteiger partial charge in [0.25, 0.3) is 5.91 Å². The maximum atomic E-state index is 12.6. The fourth-order valence-electron chi connectivity index (χ4n) is 2.41. The molecule has 0 fully saturated rings. The first kappa shape index (κ1) is 20.1. The molecule has 0 aliphatic heterocycles. The zero-order valence-corrected chi connectivity index (χ0v) is 16.2. The van der Waals surface area contributed by atoms with E-state index in [-0.39, 0.29) is 5.91 Å². The maximum Gasteiger partial charge on any atom is 0.255 e. The Morgan fingerprint density at radius 3 is 2.42 bits per heavy atom. The summed E-state index contributed by atoms with van der Waals surface area (Å²) in [6.45, 7) is 5.18. The van der Waals surface area contributed by atoms with E-state index in [0.717, 1.165) is 5.56 Å². The molecule has 6 heteroatoms. The van der Waals surface area contributed by atoms with Crippen molar-refractivity contribution in [1.29, 1.82) is 0 Å². The van der Waals surface area contributed by atoms with Crippen LogP contribution in [0.4, 0.5) is 5.69 Å². The second-order valence-electron chi connectivity index (χ2n) is 6.23. The van der Waals surface area contributed by atoms with Gasteiger partial charge in [-0.15, -0.1) is 0 Å². The Labute approximate surface area is 159 Å². The fourth-order valence-corrected chi connectivity index (χ4v) is 2.58. The highest BCUT2D eigenvalue weighted by atomic mass is 35.5. The Kier molecular flexibility index (Phi) is 7.30. The van der Waals surface area contributed by atoms with Crippen LogP contribution >= 0.6 is 11.6 Å². The Hall–Kier alpha value is -2.24. The summed E-state index contributed by atoms with van der Waals surface area (Å²) in [6, 6.07) is 10.3. The number of halogens is 1. The van der Waals surface area contributed by atoms with Crippen LogP contribution in [0.25, 0.3) is 0 Å². The molecule has 26 heavy (non-hydrogen) atoms. The van der Waals surface area contributed by atoms with Crippen molar-refractivity contribution in [2.75, 3.05) is 26.1 Å². The van der Waals surface area contributed by atoms with Crippen LogP contribution in [0.15, 0.2) is 36.4 Å². The lowest BCUT2D eigenvalue weighted by atomic mass is 10.1. The van der Waals surface area contributed by atoms with Crippen LogP contribution in [0.2, 0.25) is 5.02 Å². The molecular formula is C20H24ClNO4. The summed E-state index contributed by atoms with van der Waals surface area (Å²) in [5.74, 6) is 1.39. The minimum absolute atomic E-state index is 0.265. The van der Waals surface area contributed by atoms with E-state index in [1.54, 1.807) is 43.5 Å². The number of methoxy groups -OCH3 is 2. The zero-order chi connectivity index (χ0) is 19.1. The van der Waals surface area contributed by atoms with Gasteiger partial charge in [-0.25, -0.2) is 0 Å². The molecule has 2 aromatic carbocycles. The van der Waals surface area contributed by atoms with Crippen molar-refractivity contribution in [3.05, 3.63) is 52.5 Å². The van der Waals surface area contributed by atoms with Gasteiger partial charge < -0.3 is 19.5 Å². The third kappa shape index (κ3) is 5.38. The summed E-state index contributed by atoms with van der Waals surface area (Å²) >= 11 is 6.01. The average Bonchev–Trinajstić information content (AvgIpc) is 2.61. The predicted octanol–water partition coefficient (Wildman–Crippen LogP) is 4.78. The van der Waals surface area contributed by atoms with Crippen molar-refractivity contribution in [3.8, 4) is 11.5 Å². The van der Waals surface area contributed by atoms with Gasteiger partial charge >= 0.3 is 0 Å². The van der Waals surface area contributed by atoms with E-state index in [4.69, 9.17) is 25.8 Å². The topological polar surface area (TPSA) is 56.8 Å². The molecule has 0 aliphatic rings. The van der Waals surface area contributed by atoms with Crippen molar-refractivity contribution >= 4 is 23.2 Å². The Bertz CT molecular complexity index is 761. The van der Waals surface area contributed by atoms with Crippen LogP contribution in [0.5, 0.6) is 11.5 Å². The van der Waals surface area contributed by atoms with E-state index < -0.39 is 0 Å². The molecule has 0 radical (unpaired) electrons. The van der Waals surface area contributed by atoms with Crippen molar-refractivity contribution in [3.63, 3.8) is 0 Å². The van der Waals surface area contributed by atoms with E-state index in [9.17, 15) is 4.79 Å². The molecule has 2 rings (SSSR count). The molecule has 0 spiro atoms. The van der Waals surface area contributed by atoms with Gasteiger partial charge in [-0.05, 0) is 42.3 Å². The lowest BCUT2D eigenvalue weighted by Crippen LogP contribution is -2.13. The zero-order valence-electron chi connectivity index (χ0n) is 15.5. The lowest BCUT2D eigenvalue weighted by Gasteiger charge is -2.14. The van der Waals surface area contributed by atoms with Gasteiger partial charge in [-0.3, -0.25) is 4.79 Å². The van der Waals surface area contributed by atoms with Gasteiger partial charge in [0.05, 0.1) is 26.5 Å². The van der Waals surface area contributed by atoms with Crippen molar-refractivity contribution in [1.82, 2.24) is 0 Å². The normalized spacial score (nSPS) is 10.7. The monoisotopic (exact) mass is 377 g/mol. The number of amides is 1. The molecule has 0 saturated heterocycles. The molecule has 0 saturated carbocycles. The fraction of sp³-hybridized carbons (Fsp3) is 0.350. The second kappa shape index (κ2) is 9.46. The van der Waals surface area contributed by atoms with E-state index in [0.29, 0.717) is 46.9 Å². The number of rotatable bonds is 8. The number of hydrogen-bond donors (Lipinski definition) is 1. The molecule has 2 aromatic rings. The lowest BCUT2D eigenvalue weighted by molar-refractivity contribution is 0.0952. The summed E-state index contributed by atoms with van der Waals surface area (Å²) in [7, 11) is 3.13. The quantitative estimate of drug-likeness (QED) is 0.719. The van der Waals surface area contributed by atoms with Crippen molar-refractivity contribution in [2.45, 2.75) is 20.5 Å². The van der Waals surface area contributed by atoms with Crippen LogP contribution in [0.3, 0.4) is 0 Å². The van der Waals surface area contributed by atoms with Gasteiger partial charge in [0.1, 0.15) is 11.5 Å². The third-order valence-corrected chi connectivity index (χ3v) is 3.90. The summed E-state index contributed by atoms with van der Waals surface area (Å²) in [5, 5.41) is 3.34. The number of carbonyl (C=O) groups is 1. The summed E-state index contributed by atoms with van der Waals surface area (Å²) in [6.07, 6.45) is 0. The Morgan fingerprint density at radius 2 is 1.77 bits per heavy atom. The molecule has 0 atom stereocenters. The number of anilines is 1. The largest absolute Gasteiger partial charge is 0.496 e. The SMILES string of the molecule is COc1ccc(C(=O)Nc2cc(Cl)ccc2OC)cc1COCC(C)C. The Morgan fingerprint density at radius 1 is 1.08 bits per heavy atom. The molecule has 0 aliphatic carbocycles. The van der Waals surface area contributed by atoms with Crippen LogP contribution in [-0.2, 0) is 11.3 Å². The highest BCUT2D eigenvalue weighted by Gasteiger charge is 2.13. The van der Waals surface area contributed by atoms with Gasteiger partial charge in [0, 0.05) is 22.8 Å². The second-order valence-corrected chi connectivity index (χ2v) is 6.67. The maximum absolute atomic E-state index is 12.6. The molecule has 140 valence electrons. The minimum atomic E-state index is -0.265. The van der Waals surface area contributed by atoms with Crippen molar-refractivity contribution in [2.24, 2.45) is 5.92 Å². The van der Waals surface area contributed by atoms with Gasteiger partial charge in [-0.2, -0.15) is 0 Å². The van der Waals surface area contributed by atoms with E-state index >= 15 is 0 Å². The van der Waals surface area contributed by atoms with Crippen LogP contribution in [0.1, 0.15) is 29.8 Å². The molecule has 1 amide bonds. The molecular weight excluding hydrogens is 354 g/mol. The summed E-state index contributed by atoms with van der Waals surface area (Å²) in [5.41, 5.74) is 1.83. The number of ether oxygens (including phenoxy) is 3. The van der Waals surface area contributed by atoms with Gasteiger partial charge in [0.2, 0.25) is 0 Å². The predicted molar refractivity (Wildman–Crippen MR) is 103 cm³/mol. The molecule has 0 heterocycles. The van der Waals surface area contributed by atoms with E-state index in [1.165, 1.54) is 7.11 Å². The average molecular weight is 378 g/mol. The molecule has 0 aromatic heterocycles. The Balaban J connectivity index is 2.19. The standard InChI is InChI=1S/C20H24ClNO4/c1-13(2)11-26-12-15-9-14(5-7-18(15)24-3)20(23)22-17-10-16(21)6-8-19(17)25-4/h5-10,13H,11-12H2,1-4H3,(H,22,23). The first-order valence-corrected chi connectivity index (χ1v) is 8.72. The van der Waals surface area contributed by atoms with Crippen LogP contribution in [0, 0.1) is 5.92 Å².